The van der Waals surface area contributed by atoms with Crippen LogP contribution in [0.15, 0.2) is 54.6 Å². The van der Waals surface area contributed by atoms with Gasteiger partial charge in [-0.15, -0.1) is 0 Å². The molecule has 3 N–H and O–H groups in total. The number of hydrogen-bond acceptors (Lipinski definition) is 4. The number of allylic oxidation sites excluding steroid dienone is 2. The number of para-hydroxylation sites is 1. The predicted molar refractivity (Wildman–Crippen MR) is 116 cm³/mol. The summed E-state index contributed by atoms with van der Waals surface area (Å²) >= 11 is 0. The molecule has 2 rings (SSSR count). The van der Waals surface area contributed by atoms with Gasteiger partial charge >= 0.3 is 0 Å². The number of rotatable bonds is 12. The van der Waals surface area contributed by atoms with E-state index in [-0.39, 0.29) is 18.2 Å². The standard InChI is InChI=1S/C24H33F2NO4/c1-2-27-23(30)13-9-4-3-8-12-19-20(22(29)16-21(19)28)14-15-24(25,26)17-31-18-10-6-5-7-11-18/h3,5-8,10-11,14-15,19-22,28-29H,2,4,9,12-13,16-17H2,1H3,(H,27,30). The Morgan fingerprint density at radius 1 is 1.23 bits per heavy atom. The molecular weight excluding hydrogens is 404 g/mol. The van der Waals surface area contributed by atoms with E-state index in [2.05, 4.69) is 5.32 Å². The summed E-state index contributed by atoms with van der Waals surface area (Å²) in [4.78, 5) is 11.4. The molecule has 0 spiro atoms. The third kappa shape index (κ3) is 8.79. The molecule has 172 valence electrons. The van der Waals surface area contributed by atoms with Crippen LogP contribution in [0.1, 0.15) is 39.0 Å². The smallest absolute Gasteiger partial charge is 0.299 e. The number of alkyl halides is 2. The van der Waals surface area contributed by atoms with Crippen LogP contribution in [0.5, 0.6) is 5.75 Å². The van der Waals surface area contributed by atoms with E-state index in [9.17, 15) is 23.8 Å². The van der Waals surface area contributed by atoms with E-state index in [1.807, 2.05) is 19.1 Å². The lowest BCUT2D eigenvalue weighted by Gasteiger charge is -2.20. The van der Waals surface area contributed by atoms with Gasteiger partial charge in [0.15, 0.2) is 6.61 Å². The number of hydrogen-bond donors (Lipinski definition) is 3. The van der Waals surface area contributed by atoms with E-state index in [4.69, 9.17) is 4.74 Å². The minimum atomic E-state index is -3.19. The zero-order chi connectivity index (χ0) is 22.7. The Morgan fingerprint density at radius 2 is 1.97 bits per heavy atom. The van der Waals surface area contributed by atoms with Gasteiger partial charge in [0, 0.05) is 25.3 Å². The molecule has 5 nitrogen and oxygen atoms in total. The number of carbonyl (C=O) groups excluding carboxylic acids is 1. The van der Waals surface area contributed by atoms with Gasteiger partial charge in [-0.3, -0.25) is 4.79 Å². The van der Waals surface area contributed by atoms with Crippen LogP contribution in [0.2, 0.25) is 0 Å². The minimum absolute atomic E-state index is 0.0209. The van der Waals surface area contributed by atoms with Gasteiger partial charge in [-0.1, -0.05) is 36.4 Å². The van der Waals surface area contributed by atoms with Crippen molar-refractivity contribution < 1.29 is 28.5 Å². The molecule has 1 aliphatic carbocycles. The summed E-state index contributed by atoms with van der Waals surface area (Å²) in [6, 6.07) is 8.40. The monoisotopic (exact) mass is 437 g/mol. The summed E-state index contributed by atoms with van der Waals surface area (Å²) in [5.41, 5.74) is 0. The van der Waals surface area contributed by atoms with E-state index in [1.54, 1.807) is 30.3 Å². The summed E-state index contributed by atoms with van der Waals surface area (Å²) in [7, 11) is 0. The van der Waals surface area contributed by atoms with Crippen LogP contribution in [0.3, 0.4) is 0 Å². The first-order valence-electron chi connectivity index (χ1n) is 10.8. The van der Waals surface area contributed by atoms with E-state index < -0.39 is 30.7 Å². The number of halogens is 2. The second-order valence-corrected chi connectivity index (χ2v) is 7.89. The molecule has 1 saturated carbocycles. The highest BCUT2D eigenvalue weighted by Gasteiger charge is 2.40. The van der Waals surface area contributed by atoms with Gasteiger partial charge in [0.25, 0.3) is 5.92 Å². The molecule has 0 aromatic heterocycles. The molecule has 1 aromatic carbocycles. The Labute approximate surface area is 182 Å². The van der Waals surface area contributed by atoms with Crippen LogP contribution in [0.4, 0.5) is 8.78 Å². The second-order valence-electron chi connectivity index (χ2n) is 7.89. The number of benzene rings is 1. The lowest BCUT2D eigenvalue weighted by atomic mass is 9.89. The van der Waals surface area contributed by atoms with Crippen LogP contribution in [-0.2, 0) is 4.79 Å². The summed E-state index contributed by atoms with van der Waals surface area (Å²) in [6.07, 6.45) is 6.81. The topological polar surface area (TPSA) is 78.8 Å². The normalized spacial score (nSPS) is 24.2. The summed E-state index contributed by atoms with van der Waals surface area (Å²) in [6.45, 7) is 1.69. The van der Waals surface area contributed by atoms with Crippen LogP contribution in [0.25, 0.3) is 0 Å². The van der Waals surface area contributed by atoms with E-state index >= 15 is 0 Å². The van der Waals surface area contributed by atoms with Gasteiger partial charge in [0.05, 0.1) is 12.2 Å². The molecule has 4 unspecified atom stereocenters. The SMILES string of the molecule is CCNC(=O)CCCC=CCC1C(O)CC(O)C1C=CC(F)(F)COc1ccccc1. The van der Waals surface area contributed by atoms with Crippen LogP contribution in [-0.4, -0.2) is 47.4 Å². The van der Waals surface area contributed by atoms with Crippen molar-refractivity contribution in [2.24, 2.45) is 11.8 Å². The quantitative estimate of drug-likeness (QED) is 0.343. The number of aliphatic hydroxyl groups excluding tert-OH is 2. The van der Waals surface area contributed by atoms with Gasteiger partial charge < -0.3 is 20.3 Å². The van der Waals surface area contributed by atoms with Crippen molar-refractivity contribution in [3.63, 3.8) is 0 Å². The zero-order valence-corrected chi connectivity index (χ0v) is 17.9. The number of ether oxygens (including phenoxy) is 1. The summed E-state index contributed by atoms with van der Waals surface area (Å²) in [5.74, 6) is -3.70. The molecular formula is C24H33F2NO4. The van der Waals surface area contributed by atoms with Crippen molar-refractivity contribution in [3.05, 3.63) is 54.6 Å². The molecule has 1 fully saturated rings. The van der Waals surface area contributed by atoms with E-state index in [1.165, 1.54) is 6.08 Å². The molecule has 31 heavy (non-hydrogen) atoms. The Hall–Kier alpha value is -2.25. The molecule has 0 saturated heterocycles. The molecule has 0 radical (unpaired) electrons. The fourth-order valence-electron chi connectivity index (χ4n) is 3.74. The first kappa shape index (κ1) is 25.0. The van der Waals surface area contributed by atoms with Crippen molar-refractivity contribution in [1.29, 1.82) is 0 Å². The largest absolute Gasteiger partial charge is 0.487 e. The van der Waals surface area contributed by atoms with Gasteiger partial charge in [-0.2, -0.15) is 8.78 Å². The number of aliphatic hydroxyl groups is 2. The maximum atomic E-state index is 14.2. The van der Waals surface area contributed by atoms with Crippen molar-refractivity contribution in [2.75, 3.05) is 13.2 Å². The van der Waals surface area contributed by atoms with Gasteiger partial charge in [-0.05, 0) is 50.3 Å². The van der Waals surface area contributed by atoms with Crippen molar-refractivity contribution in [1.82, 2.24) is 5.32 Å². The van der Waals surface area contributed by atoms with Gasteiger partial charge in [-0.25, -0.2) is 0 Å². The molecule has 1 amide bonds. The number of amides is 1. The lowest BCUT2D eigenvalue weighted by Crippen LogP contribution is -2.25. The third-order valence-corrected chi connectivity index (χ3v) is 5.38. The van der Waals surface area contributed by atoms with Crippen LogP contribution < -0.4 is 10.1 Å². The van der Waals surface area contributed by atoms with Crippen molar-refractivity contribution in [3.8, 4) is 5.75 Å². The highest BCUT2D eigenvalue weighted by atomic mass is 19.3. The molecule has 0 heterocycles. The Morgan fingerprint density at radius 3 is 2.68 bits per heavy atom. The maximum Gasteiger partial charge on any atom is 0.299 e. The van der Waals surface area contributed by atoms with Gasteiger partial charge in [0.1, 0.15) is 5.75 Å². The van der Waals surface area contributed by atoms with Crippen molar-refractivity contribution in [2.45, 2.75) is 57.2 Å². The number of unbranched alkanes of at least 4 members (excludes halogenated alkanes) is 1. The average molecular weight is 438 g/mol. The third-order valence-electron chi connectivity index (χ3n) is 5.38. The molecule has 0 aliphatic heterocycles. The fraction of sp³-hybridized carbons (Fsp3) is 0.542. The Bertz CT molecular complexity index is 724. The van der Waals surface area contributed by atoms with E-state index in [0.29, 0.717) is 25.1 Å². The summed E-state index contributed by atoms with van der Waals surface area (Å²) < 4.78 is 33.6. The average Bonchev–Trinajstić information content (AvgIpc) is 3.01. The second kappa shape index (κ2) is 12.6. The predicted octanol–water partition coefficient (Wildman–Crippen LogP) is 3.87. The Kier molecular flexibility index (Phi) is 10.1. The highest BCUT2D eigenvalue weighted by molar-refractivity contribution is 5.75. The zero-order valence-electron chi connectivity index (χ0n) is 17.9. The van der Waals surface area contributed by atoms with Crippen LogP contribution >= 0.6 is 0 Å². The summed E-state index contributed by atoms with van der Waals surface area (Å²) in [5, 5.41) is 23.2. The lowest BCUT2D eigenvalue weighted by molar-refractivity contribution is -0.121. The molecule has 0 bridgehead atoms. The maximum absolute atomic E-state index is 14.2. The molecule has 1 aliphatic rings. The first-order chi connectivity index (χ1) is 14.8. The van der Waals surface area contributed by atoms with E-state index in [0.717, 1.165) is 18.9 Å². The number of nitrogens with one attached hydrogen (secondary N) is 1. The minimum Gasteiger partial charge on any atom is -0.487 e. The molecule has 7 heteroatoms. The van der Waals surface area contributed by atoms with Crippen LogP contribution in [0, 0.1) is 11.8 Å². The first-order valence-corrected chi connectivity index (χ1v) is 10.8. The Balaban J connectivity index is 1.84. The van der Waals surface area contributed by atoms with Gasteiger partial charge in [0.2, 0.25) is 5.91 Å². The molecule has 1 aromatic rings. The van der Waals surface area contributed by atoms with Crippen molar-refractivity contribution >= 4 is 5.91 Å². The highest BCUT2D eigenvalue weighted by Crippen LogP contribution is 2.37. The fourth-order valence-corrected chi connectivity index (χ4v) is 3.74. The molecule has 4 atom stereocenters. The number of carbonyl (C=O) groups is 1.